The van der Waals surface area contributed by atoms with E-state index < -0.39 is 0 Å². The fourth-order valence-electron chi connectivity index (χ4n) is 2.49. The summed E-state index contributed by atoms with van der Waals surface area (Å²) < 4.78 is 0. The second kappa shape index (κ2) is 6.36. The predicted molar refractivity (Wildman–Crippen MR) is 78.3 cm³/mol. The van der Waals surface area contributed by atoms with Gasteiger partial charge in [0.05, 0.1) is 6.20 Å². The van der Waals surface area contributed by atoms with Crippen LogP contribution in [-0.2, 0) is 0 Å². The SMILES string of the molecule is CN(C)CC1CCN(c2nc(NN)ncc2Cl)CC1. The molecule has 2 rings (SSSR count). The van der Waals surface area contributed by atoms with Crippen LogP contribution in [0.2, 0.25) is 5.02 Å². The Morgan fingerprint density at radius 2 is 2.16 bits per heavy atom. The van der Waals surface area contributed by atoms with Crippen molar-refractivity contribution in [1.82, 2.24) is 14.9 Å². The van der Waals surface area contributed by atoms with Crippen LogP contribution in [0.25, 0.3) is 0 Å². The number of nitrogens with one attached hydrogen (secondary N) is 1. The van der Waals surface area contributed by atoms with Gasteiger partial charge in [-0.05, 0) is 32.9 Å². The van der Waals surface area contributed by atoms with E-state index in [4.69, 9.17) is 17.4 Å². The minimum absolute atomic E-state index is 0.398. The summed E-state index contributed by atoms with van der Waals surface area (Å²) in [7, 11) is 4.24. The van der Waals surface area contributed by atoms with E-state index in [9.17, 15) is 0 Å². The van der Waals surface area contributed by atoms with Crippen molar-refractivity contribution in [1.29, 1.82) is 0 Å². The van der Waals surface area contributed by atoms with Crippen LogP contribution in [0, 0.1) is 5.92 Å². The minimum atomic E-state index is 0.398. The zero-order chi connectivity index (χ0) is 13.8. The van der Waals surface area contributed by atoms with Gasteiger partial charge in [0.1, 0.15) is 5.02 Å². The third kappa shape index (κ3) is 3.68. The summed E-state index contributed by atoms with van der Waals surface area (Å²) in [6.45, 7) is 3.08. The fourth-order valence-corrected chi connectivity index (χ4v) is 2.70. The molecule has 0 atom stereocenters. The summed E-state index contributed by atoms with van der Waals surface area (Å²) in [6, 6.07) is 0. The number of rotatable bonds is 4. The van der Waals surface area contributed by atoms with Gasteiger partial charge in [-0.1, -0.05) is 11.6 Å². The quantitative estimate of drug-likeness (QED) is 0.639. The van der Waals surface area contributed by atoms with Gasteiger partial charge >= 0.3 is 0 Å². The molecule has 1 saturated heterocycles. The topological polar surface area (TPSA) is 70.3 Å². The number of nitrogen functional groups attached to an aromatic ring is 1. The van der Waals surface area contributed by atoms with Gasteiger partial charge in [0.15, 0.2) is 5.82 Å². The van der Waals surface area contributed by atoms with E-state index in [1.165, 1.54) is 0 Å². The standard InChI is InChI=1S/C12H21ClN6/c1-18(2)8-9-3-5-19(6-4-9)11-10(13)7-15-12(16-11)17-14/h7,9H,3-6,8,14H2,1-2H3,(H,15,16,17). The maximum absolute atomic E-state index is 6.16. The van der Waals surface area contributed by atoms with Crippen molar-refractivity contribution >= 4 is 23.4 Å². The summed E-state index contributed by atoms with van der Waals surface area (Å²) in [5.41, 5.74) is 2.45. The van der Waals surface area contributed by atoms with Gasteiger partial charge in [0.25, 0.3) is 0 Å². The minimum Gasteiger partial charge on any atom is -0.355 e. The van der Waals surface area contributed by atoms with Crippen LogP contribution in [0.1, 0.15) is 12.8 Å². The van der Waals surface area contributed by atoms with Crippen LogP contribution in [0.4, 0.5) is 11.8 Å². The number of nitrogens with two attached hydrogens (primary N) is 1. The molecule has 0 aliphatic carbocycles. The molecule has 0 saturated carbocycles. The number of halogens is 1. The Morgan fingerprint density at radius 3 is 2.74 bits per heavy atom. The monoisotopic (exact) mass is 284 g/mol. The molecular weight excluding hydrogens is 264 g/mol. The van der Waals surface area contributed by atoms with Gasteiger partial charge in [0.2, 0.25) is 5.95 Å². The average Bonchev–Trinajstić information content (AvgIpc) is 2.40. The first-order valence-corrected chi connectivity index (χ1v) is 6.86. The molecule has 1 aromatic heterocycles. The zero-order valence-corrected chi connectivity index (χ0v) is 12.2. The fraction of sp³-hybridized carbons (Fsp3) is 0.667. The van der Waals surface area contributed by atoms with Crippen molar-refractivity contribution in [2.75, 3.05) is 44.1 Å². The largest absolute Gasteiger partial charge is 0.355 e. The number of hydrogen-bond donors (Lipinski definition) is 2. The second-order valence-electron chi connectivity index (χ2n) is 5.20. The first-order valence-electron chi connectivity index (χ1n) is 6.49. The molecule has 7 heteroatoms. The lowest BCUT2D eigenvalue weighted by Crippen LogP contribution is -2.37. The van der Waals surface area contributed by atoms with Crippen LogP contribution < -0.4 is 16.2 Å². The lowest BCUT2D eigenvalue weighted by Gasteiger charge is -2.34. The molecule has 1 fully saturated rings. The van der Waals surface area contributed by atoms with Gasteiger partial charge in [-0.15, -0.1) is 0 Å². The van der Waals surface area contributed by atoms with E-state index in [1.54, 1.807) is 6.20 Å². The van der Waals surface area contributed by atoms with Gasteiger partial charge in [-0.25, -0.2) is 10.8 Å². The van der Waals surface area contributed by atoms with E-state index in [0.29, 0.717) is 11.0 Å². The maximum Gasteiger partial charge on any atom is 0.239 e. The van der Waals surface area contributed by atoms with Crippen LogP contribution in [-0.4, -0.2) is 48.6 Å². The predicted octanol–water partition coefficient (Wildman–Crippen LogP) is 1.19. The highest BCUT2D eigenvalue weighted by molar-refractivity contribution is 6.32. The van der Waals surface area contributed by atoms with Crippen LogP contribution in [0.15, 0.2) is 6.20 Å². The molecular formula is C12H21ClN6. The number of anilines is 2. The number of hydrogen-bond acceptors (Lipinski definition) is 6. The molecule has 0 unspecified atom stereocenters. The van der Waals surface area contributed by atoms with Crippen molar-refractivity contribution in [3.05, 3.63) is 11.2 Å². The Kier molecular flexibility index (Phi) is 4.79. The molecule has 106 valence electrons. The summed E-state index contributed by atoms with van der Waals surface area (Å²) >= 11 is 6.16. The number of aromatic nitrogens is 2. The maximum atomic E-state index is 6.16. The molecule has 0 amide bonds. The number of nitrogens with zero attached hydrogens (tertiary/aromatic N) is 4. The van der Waals surface area contributed by atoms with Crippen molar-refractivity contribution in [2.45, 2.75) is 12.8 Å². The summed E-state index contributed by atoms with van der Waals surface area (Å²) in [4.78, 5) is 12.8. The van der Waals surface area contributed by atoms with E-state index in [1.807, 2.05) is 0 Å². The molecule has 1 aromatic rings. The van der Waals surface area contributed by atoms with Crippen LogP contribution in [0.3, 0.4) is 0 Å². The Labute approximate surface area is 118 Å². The highest BCUT2D eigenvalue weighted by Gasteiger charge is 2.22. The molecule has 3 N–H and O–H groups in total. The molecule has 1 aliphatic heterocycles. The molecule has 0 spiro atoms. The van der Waals surface area contributed by atoms with Gasteiger partial charge < -0.3 is 9.80 Å². The smallest absolute Gasteiger partial charge is 0.239 e. The summed E-state index contributed by atoms with van der Waals surface area (Å²) in [6.07, 6.45) is 3.90. The highest BCUT2D eigenvalue weighted by Crippen LogP contribution is 2.28. The number of piperidine rings is 1. The molecule has 6 nitrogen and oxygen atoms in total. The summed E-state index contributed by atoms with van der Waals surface area (Å²) in [5, 5.41) is 0.574. The average molecular weight is 285 g/mol. The molecule has 2 heterocycles. The van der Waals surface area contributed by atoms with E-state index in [2.05, 4.69) is 39.3 Å². The first kappa shape index (κ1) is 14.3. The molecule has 0 bridgehead atoms. The first-order chi connectivity index (χ1) is 9.10. The third-order valence-corrected chi connectivity index (χ3v) is 3.66. The van der Waals surface area contributed by atoms with E-state index >= 15 is 0 Å². The van der Waals surface area contributed by atoms with Crippen molar-refractivity contribution in [2.24, 2.45) is 11.8 Å². The molecule has 0 aromatic carbocycles. The Hall–Kier alpha value is -1.11. The molecule has 1 aliphatic rings. The number of hydrazine groups is 1. The van der Waals surface area contributed by atoms with Crippen LogP contribution in [0.5, 0.6) is 0 Å². The van der Waals surface area contributed by atoms with Gasteiger partial charge in [-0.3, -0.25) is 5.43 Å². The lowest BCUT2D eigenvalue weighted by molar-refractivity contribution is 0.284. The van der Waals surface area contributed by atoms with E-state index in [-0.39, 0.29) is 0 Å². The Morgan fingerprint density at radius 1 is 1.47 bits per heavy atom. The van der Waals surface area contributed by atoms with Gasteiger partial charge in [-0.2, -0.15) is 4.98 Å². The molecule has 19 heavy (non-hydrogen) atoms. The zero-order valence-electron chi connectivity index (χ0n) is 11.4. The Balaban J connectivity index is 2.01. The summed E-state index contributed by atoms with van der Waals surface area (Å²) in [5.74, 6) is 7.25. The Bertz CT molecular complexity index is 417. The van der Waals surface area contributed by atoms with Crippen LogP contribution >= 0.6 is 11.6 Å². The van der Waals surface area contributed by atoms with Crippen molar-refractivity contribution < 1.29 is 0 Å². The highest BCUT2D eigenvalue weighted by atomic mass is 35.5. The molecule has 0 radical (unpaired) electrons. The lowest BCUT2D eigenvalue weighted by atomic mass is 9.96. The van der Waals surface area contributed by atoms with Crippen molar-refractivity contribution in [3.63, 3.8) is 0 Å². The normalized spacial score (nSPS) is 17.0. The van der Waals surface area contributed by atoms with E-state index in [0.717, 1.165) is 44.2 Å². The second-order valence-corrected chi connectivity index (χ2v) is 5.61. The van der Waals surface area contributed by atoms with Crippen molar-refractivity contribution in [3.8, 4) is 0 Å². The van der Waals surface area contributed by atoms with Gasteiger partial charge in [0, 0.05) is 19.6 Å². The third-order valence-electron chi connectivity index (χ3n) is 3.39.